The lowest BCUT2D eigenvalue weighted by Crippen LogP contribution is -2.14. The summed E-state index contributed by atoms with van der Waals surface area (Å²) in [6.07, 6.45) is 4.00. The van der Waals surface area contributed by atoms with Gasteiger partial charge in [0.2, 0.25) is 11.8 Å². The van der Waals surface area contributed by atoms with E-state index in [1.165, 1.54) is 7.11 Å². The highest BCUT2D eigenvalue weighted by atomic mass is 19.1. The molecule has 96 valence electrons. The standard InChI is InChI=1S/C8H12FN3O.C4H8/c1-5-6(9)7(13-4)11-8(10-5)12(2)3;1-3-4-2/h1-4H3;3-4H,1-2H3/b;4-3-. The summed E-state index contributed by atoms with van der Waals surface area (Å²) in [5, 5.41) is 0. The lowest BCUT2D eigenvalue weighted by molar-refractivity contribution is 0.365. The number of hydrogen-bond donors (Lipinski definition) is 0. The molecule has 0 fully saturated rings. The SMILES string of the molecule is C/C=C\C.COc1nc(N(C)C)nc(C)c1F. The number of allylic oxidation sites excluding steroid dienone is 2. The van der Waals surface area contributed by atoms with Crippen LogP contribution in [0.15, 0.2) is 12.2 Å². The topological polar surface area (TPSA) is 38.2 Å². The predicted molar refractivity (Wildman–Crippen MR) is 68.1 cm³/mol. The van der Waals surface area contributed by atoms with Crippen LogP contribution in [0.25, 0.3) is 0 Å². The Balaban J connectivity index is 0.000000557. The molecule has 0 amide bonds. The lowest BCUT2D eigenvalue weighted by atomic mass is 10.4. The third-order valence-electron chi connectivity index (χ3n) is 1.90. The highest BCUT2D eigenvalue weighted by Crippen LogP contribution is 2.18. The number of ether oxygens (including phenoxy) is 1. The molecule has 0 aliphatic carbocycles. The molecule has 0 N–H and O–H groups in total. The molecule has 5 heteroatoms. The van der Waals surface area contributed by atoms with E-state index in [9.17, 15) is 4.39 Å². The summed E-state index contributed by atoms with van der Waals surface area (Å²) in [6.45, 7) is 5.58. The van der Waals surface area contributed by atoms with Crippen molar-refractivity contribution in [2.45, 2.75) is 20.8 Å². The van der Waals surface area contributed by atoms with Gasteiger partial charge in [-0.1, -0.05) is 12.2 Å². The summed E-state index contributed by atoms with van der Waals surface area (Å²) in [5.74, 6) is -0.0833. The van der Waals surface area contributed by atoms with Crippen molar-refractivity contribution in [3.8, 4) is 5.88 Å². The quantitative estimate of drug-likeness (QED) is 0.746. The molecular formula is C12H20FN3O. The minimum Gasteiger partial charge on any atom is -0.479 e. The van der Waals surface area contributed by atoms with E-state index in [0.29, 0.717) is 5.95 Å². The molecule has 1 aromatic heterocycles. The molecule has 17 heavy (non-hydrogen) atoms. The molecule has 0 atom stereocenters. The average molecular weight is 241 g/mol. The zero-order valence-corrected chi connectivity index (χ0v) is 11.3. The van der Waals surface area contributed by atoms with Gasteiger partial charge in [-0.05, 0) is 20.8 Å². The molecule has 0 saturated heterocycles. The van der Waals surface area contributed by atoms with Crippen LogP contribution in [-0.2, 0) is 0 Å². The Bertz CT molecular complexity index is 374. The predicted octanol–water partition coefficient (Wildman–Crippen LogP) is 2.58. The molecule has 0 aliphatic heterocycles. The fraction of sp³-hybridized carbons (Fsp3) is 0.500. The van der Waals surface area contributed by atoms with Crippen LogP contribution in [0.3, 0.4) is 0 Å². The third kappa shape index (κ3) is 4.80. The Labute approximate surface area is 102 Å². The summed E-state index contributed by atoms with van der Waals surface area (Å²) in [7, 11) is 4.95. The summed E-state index contributed by atoms with van der Waals surface area (Å²) in [4.78, 5) is 9.50. The van der Waals surface area contributed by atoms with Gasteiger partial charge in [-0.3, -0.25) is 0 Å². The van der Waals surface area contributed by atoms with Crippen LogP contribution in [0.4, 0.5) is 10.3 Å². The normalized spacial score (nSPS) is 9.82. The van der Waals surface area contributed by atoms with E-state index in [1.807, 2.05) is 26.0 Å². The number of rotatable bonds is 2. The van der Waals surface area contributed by atoms with Crippen LogP contribution in [-0.4, -0.2) is 31.2 Å². The zero-order valence-electron chi connectivity index (χ0n) is 11.3. The van der Waals surface area contributed by atoms with E-state index in [4.69, 9.17) is 4.74 Å². The van der Waals surface area contributed by atoms with Crippen LogP contribution < -0.4 is 9.64 Å². The Kier molecular flexibility index (Phi) is 6.86. The molecule has 0 aliphatic rings. The molecule has 1 rings (SSSR count). The van der Waals surface area contributed by atoms with Gasteiger partial charge in [0.1, 0.15) is 0 Å². The van der Waals surface area contributed by atoms with Crippen LogP contribution in [0.2, 0.25) is 0 Å². The van der Waals surface area contributed by atoms with Crippen molar-refractivity contribution in [3.05, 3.63) is 23.7 Å². The first-order chi connectivity index (χ1) is 7.97. The van der Waals surface area contributed by atoms with Gasteiger partial charge in [-0.2, -0.15) is 9.37 Å². The average Bonchev–Trinajstić information content (AvgIpc) is 2.32. The summed E-state index contributed by atoms with van der Waals surface area (Å²) in [6, 6.07) is 0. The highest BCUT2D eigenvalue weighted by Gasteiger charge is 2.12. The van der Waals surface area contributed by atoms with E-state index in [-0.39, 0.29) is 11.6 Å². The van der Waals surface area contributed by atoms with Crippen LogP contribution >= 0.6 is 0 Å². The second-order valence-corrected chi connectivity index (χ2v) is 3.49. The maximum absolute atomic E-state index is 13.2. The molecule has 1 heterocycles. The van der Waals surface area contributed by atoms with Gasteiger partial charge in [0, 0.05) is 14.1 Å². The third-order valence-corrected chi connectivity index (χ3v) is 1.90. The summed E-state index contributed by atoms with van der Waals surface area (Å²) in [5.41, 5.74) is 0.288. The molecule has 0 aromatic carbocycles. The molecule has 0 saturated carbocycles. The Morgan fingerprint density at radius 3 is 2.06 bits per heavy atom. The van der Waals surface area contributed by atoms with Crippen molar-refractivity contribution in [1.29, 1.82) is 0 Å². The van der Waals surface area contributed by atoms with Crippen molar-refractivity contribution in [2.75, 3.05) is 26.1 Å². The maximum Gasteiger partial charge on any atom is 0.255 e. The van der Waals surface area contributed by atoms with Crippen LogP contribution in [0.5, 0.6) is 5.88 Å². The largest absolute Gasteiger partial charge is 0.479 e. The van der Waals surface area contributed by atoms with Crippen molar-refractivity contribution in [1.82, 2.24) is 9.97 Å². The molecule has 0 bridgehead atoms. The Morgan fingerprint density at radius 1 is 1.18 bits per heavy atom. The van der Waals surface area contributed by atoms with Gasteiger partial charge >= 0.3 is 0 Å². The summed E-state index contributed by atoms with van der Waals surface area (Å²) >= 11 is 0. The van der Waals surface area contributed by atoms with E-state index in [2.05, 4.69) is 9.97 Å². The van der Waals surface area contributed by atoms with Crippen molar-refractivity contribution >= 4 is 5.95 Å². The molecule has 0 unspecified atom stereocenters. The number of methoxy groups -OCH3 is 1. The molecule has 1 aromatic rings. The van der Waals surface area contributed by atoms with Gasteiger partial charge in [0.15, 0.2) is 0 Å². The smallest absolute Gasteiger partial charge is 0.255 e. The van der Waals surface area contributed by atoms with Gasteiger partial charge in [-0.15, -0.1) is 0 Å². The monoisotopic (exact) mass is 241 g/mol. The number of anilines is 1. The Morgan fingerprint density at radius 2 is 1.71 bits per heavy atom. The number of hydrogen-bond acceptors (Lipinski definition) is 4. The van der Waals surface area contributed by atoms with Crippen molar-refractivity contribution in [3.63, 3.8) is 0 Å². The van der Waals surface area contributed by atoms with Gasteiger partial charge in [-0.25, -0.2) is 4.98 Å². The lowest BCUT2D eigenvalue weighted by Gasteiger charge is -2.12. The zero-order chi connectivity index (χ0) is 13.4. The van der Waals surface area contributed by atoms with E-state index < -0.39 is 5.82 Å². The fourth-order valence-electron chi connectivity index (χ4n) is 0.854. The van der Waals surface area contributed by atoms with Crippen molar-refractivity contribution < 1.29 is 9.13 Å². The Hall–Kier alpha value is -1.65. The summed E-state index contributed by atoms with van der Waals surface area (Å²) < 4.78 is 17.9. The fourth-order valence-corrected chi connectivity index (χ4v) is 0.854. The minimum atomic E-state index is -0.506. The molecule has 0 radical (unpaired) electrons. The maximum atomic E-state index is 13.2. The highest BCUT2D eigenvalue weighted by molar-refractivity contribution is 5.33. The first-order valence-electron chi connectivity index (χ1n) is 5.30. The number of halogens is 1. The number of aryl methyl sites for hydroxylation is 1. The molecular weight excluding hydrogens is 221 g/mol. The van der Waals surface area contributed by atoms with E-state index >= 15 is 0 Å². The number of aromatic nitrogens is 2. The van der Waals surface area contributed by atoms with Crippen molar-refractivity contribution in [2.24, 2.45) is 0 Å². The second-order valence-electron chi connectivity index (χ2n) is 3.49. The molecule has 0 spiro atoms. The number of nitrogens with zero attached hydrogens (tertiary/aromatic N) is 3. The van der Waals surface area contributed by atoms with Gasteiger partial charge < -0.3 is 9.64 Å². The van der Waals surface area contributed by atoms with Crippen LogP contribution in [0.1, 0.15) is 19.5 Å². The van der Waals surface area contributed by atoms with E-state index in [1.54, 1.807) is 25.9 Å². The first-order valence-corrected chi connectivity index (χ1v) is 5.30. The van der Waals surface area contributed by atoms with Gasteiger partial charge in [0.25, 0.3) is 5.88 Å². The first kappa shape index (κ1) is 15.3. The molecule has 4 nitrogen and oxygen atoms in total. The minimum absolute atomic E-state index is 0.0174. The van der Waals surface area contributed by atoms with E-state index in [0.717, 1.165) is 0 Å². The van der Waals surface area contributed by atoms with Gasteiger partial charge in [0.05, 0.1) is 12.8 Å². The second kappa shape index (κ2) is 7.60. The van der Waals surface area contributed by atoms with Crippen LogP contribution in [0, 0.1) is 12.7 Å².